The first-order chi connectivity index (χ1) is 6.65. The van der Waals surface area contributed by atoms with Gasteiger partial charge in [-0.25, -0.2) is 4.39 Å². The minimum absolute atomic E-state index is 0.169. The maximum absolute atomic E-state index is 13.0. The number of rotatable bonds is 2. The number of nitrogens with two attached hydrogens (primary N) is 1. The van der Waals surface area contributed by atoms with E-state index in [9.17, 15) is 9.18 Å². The number of hydrogen-bond donors (Lipinski definition) is 1. The molecule has 0 unspecified atom stereocenters. The van der Waals surface area contributed by atoms with Crippen molar-refractivity contribution in [3.8, 4) is 6.07 Å². The second-order valence-electron chi connectivity index (χ2n) is 2.56. The van der Waals surface area contributed by atoms with E-state index in [1.54, 1.807) is 12.1 Å². The van der Waals surface area contributed by atoms with Crippen LogP contribution in [-0.4, -0.2) is 5.91 Å². The average Bonchev–Trinajstić information content (AvgIpc) is 2.16. The number of nitriles is 1. The summed E-state index contributed by atoms with van der Waals surface area (Å²) in [6, 6.07) is 7.41. The molecule has 4 heteroatoms. The molecule has 1 aromatic rings. The van der Waals surface area contributed by atoms with Crippen molar-refractivity contribution in [2.75, 3.05) is 0 Å². The lowest BCUT2D eigenvalue weighted by Crippen LogP contribution is -2.12. The van der Waals surface area contributed by atoms with Gasteiger partial charge in [0.05, 0.1) is 0 Å². The molecule has 70 valence electrons. The fraction of sp³-hybridized carbons (Fsp3) is 0. The number of amides is 1. The first-order valence-electron chi connectivity index (χ1n) is 3.81. The van der Waals surface area contributed by atoms with Crippen molar-refractivity contribution in [3.05, 3.63) is 41.2 Å². The van der Waals surface area contributed by atoms with Crippen LogP contribution in [0.15, 0.2) is 29.8 Å². The van der Waals surface area contributed by atoms with Gasteiger partial charge in [-0.05, 0) is 12.1 Å². The summed E-state index contributed by atoms with van der Waals surface area (Å²) in [7, 11) is 0. The molecule has 0 heterocycles. The SMILES string of the molecule is N#C/C(=C\c1ccccc1F)C(N)=O. The van der Waals surface area contributed by atoms with Gasteiger partial charge in [-0.2, -0.15) is 5.26 Å². The lowest BCUT2D eigenvalue weighted by molar-refractivity contribution is -0.114. The van der Waals surface area contributed by atoms with Crippen molar-refractivity contribution in [1.82, 2.24) is 0 Å². The molecule has 0 aromatic heterocycles. The fourth-order valence-electron chi connectivity index (χ4n) is 0.906. The van der Waals surface area contributed by atoms with Crippen LogP contribution in [0.2, 0.25) is 0 Å². The summed E-state index contributed by atoms with van der Waals surface area (Å²) < 4.78 is 13.0. The van der Waals surface area contributed by atoms with Crippen LogP contribution in [0.3, 0.4) is 0 Å². The van der Waals surface area contributed by atoms with E-state index < -0.39 is 11.7 Å². The van der Waals surface area contributed by atoms with Gasteiger partial charge in [0, 0.05) is 5.56 Å². The molecule has 2 N–H and O–H groups in total. The van der Waals surface area contributed by atoms with E-state index >= 15 is 0 Å². The molecular formula is C10H7FN2O. The van der Waals surface area contributed by atoms with Gasteiger partial charge >= 0.3 is 0 Å². The first kappa shape index (κ1) is 9.93. The summed E-state index contributed by atoms with van der Waals surface area (Å²) in [6.07, 6.45) is 1.12. The highest BCUT2D eigenvalue weighted by Gasteiger charge is 2.05. The Kier molecular flexibility index (Phi) is 2.97. The Morgan fingerprint density at radius 3 is 2.64 bits per heavy atom. The van der Waals surface area contributed by atoms with Crippen molar-refractivity contribution in [3.63, 3.8) is 0 Å². The largest absolute Gasteiger partial charge is 0.365 e. The Balaban J connectivity index is 3.15. The number of benzene rings is 1. The molecule has 0 spiro atoms. The second-order valence-corrected chi connectivity index (χ2v) is 2.56. The quantitative estimate of drug-likeness (QED) is 0.562. The highest BCUT2D eigenvalue weighted by molar-refractivity contribution is 6.00. The van der Waals surface area contributed by atoms with E-state index in [1.807, 2.05) is 0 Å². The molecule has 0 aliphatic heterocycles. The van der Waals surface area contributed by atoms with Crippen molar-refractivity contribution < 1.29 is 9.18 Å². The van der Waals surface area contributed by atoms with Gasteiger partial charge < -0.3 is 5.73 Å². The van der Waals surface area contributed by atoms with Crippen LogP contribution in [0, 0.1) is 17.1 Å². The van der Waals surface area contributed by atoms with E-state index in [-0.39, 0.29) is 11.1 Å². The van der Waals surface area contributed by atoms with E-state index in [4.69, 9.17) is 11.0 Å². The lowest BCUT2D eigenvalue weighted by atomic mass is 10.1. The number of carbonyl (C=O) groups excluding carboxylic acids is 1. The third-order valence-electron chi connectivity index (χ3n) is 1.59. The summed E-state index contributed by atoms with van der Waals surface area (Å²) in [5.74, 6) is -1.36. The van der Waals surface area contributed by atoms with Crippen LogP contribution in [0.5, 0.6) is 0 Å². The zero-order valence-corrected chi connectivity index (χ0v) is 7.20. The maximum Gasteiger partial charge on any atom is 0.259 e. The van der Waals surface area contributed by atoms with Gasteiger partial charge in [0.2, 0.25) is 0 Å². The Labute approximate surface area is 80.3 Å². The Hall–Kier alpha value is -2.15. The van der Waals surface area contributed by atoms with E-state index in [0.717, 1.165) is 6.08 Å². The van der Waals surface area contributed by atoms with Crippen LogP contribution in [0.1, 0.15) is 5.56 Å². The topological polar surface area (TPSA) is 66.9 Å². The Morgan fingerprint density at radius 1 is 1.50 bits per heavy atom. The van der Waals surface area contributed by atoms with Crippen molar-refractivity contribution in [2.45, 2.75) is 0 Å². The Bertz CT molecular complexity index is 432. The van der Waals surface area contributed by atoms with Crippen LogP contribution < -0.4 is 5.73 Å². The molecule has 14 heavy (non-hydrogen) atoms. The molecule has 0 saturated heterocycles. The summed E-state index contributed by atoms with van der Waals surface area (Å²) in [4.78, 5) is 10.7. The third-order valence-corrected chi connectivity index (χ3v) is 1.59. The van der Waals surface area contributed by atoms with Gasteiger partial charge in [-0.15, -0.1) is 0 Å². The van der Waals surface area contributed by atoms with E-state index in [2.05, 4.69) is 0 Å². The summed E-state index contributed by atoms with van der Waals surface area (Å²) in [5, 5.41) is 8.51. The standard InChI is InChI=1S/C10H7FN2O/c11-9-4-2-1-3-7(9)5-8(6-12)10(13)14/h1-5H,(H2,13,14)/b8-5+. The molecule has 0 aliphatic rings. The summed E-state index contributed by atoms with van der Waals surface area (Å²) in [6.45, 7) is 0. The molecule has 0 bridgehead atoms. The second kappa shape index (κ2) is 4.19. The Morgan fingerprint density at radius 2 is 2.14 bits per heavy atom. The predicted octanol–water partition coefficient (Wildman–Crippen LogP) is 1.22. The van der Waals surface area contributed by atoms with Gasteiger partial charge in [-0.3, -0.25) is 4.79 Å². The minimum atomic E-state index is -0.865. The highest BCUT2D eigenvalue weighted by Crippen LogP contribution is 2.10. The van der Waals surface area contributed by atoms with Crippen molar-refractivity contribution in [2.24, 2.45) is 5.73 Å². The van der Waals surface area contributed by atoms with Crippen LogP contribution in [0.25, 0.3) is 6.08 Å². The number of halogens is 1. The minimum Gasteiger partial charge on any atom is -0.365 e. The summed E-state index contributed by atoms with van der Waals surface area (Å²) in [5.41, 5.74) is 4.79. The van der Waals surface area contributed by atoms with Gasteiger partial charge in [0.1, 0.15) is 17.5 Å². The van der Waals surface area contributed by atoms with Crippen LogP contribution in [-0.2, 0) is 4.79 Å². The molecule has 0 aliphatic carbocycles. The van der Waals surface area contributed by atoms with Crippen LogP contribution >= 0.6 is 0 Å². The number of carbonyl (C=O) groups is 1. The molecule has 1 amide bonds. The zero-order valence-electron chi connectivity index (χ0n) is 7.20. The zero-order chi connectivity index (χ0) is 10.6. The van der Waals surface area contributed by atoms with Crippen molar-refractivity contribution in [1.29, 1.82) is 5.26 Å². The molecule has 0 fully saturated rings. The normalized spacial score (nSPS) is 10.7. The molecule has 0 radical (unpaired) electrons. The molecule has 0 atom stereocenters. The monoisotopic (exact) mass is 190 g/mol. The van der Waals surface area contributed by atoms with E-state index in [1.165, 1.54) is 18.2 Å². The molecule has 1 aromatic carbocycles. The maximum atomic E-state index is 13.0. The average molecular weight is 190 g/mol. The smallest absolute Gasteiger partial charge is 0.259 e. The molecule has 0 saturated carbocycles. The van der Waals surface area contributed by atoms with Crippen LogP contribution in [0.4, 0.5) is 4.39 Å². The third kappa shape index (κ3) is 2.17. The van der Waals surface area contributed by atoms with Gasteiger partial charge in [0.15, 0.2) is 0 Å². The van der Waals surface area contributed by atoms with Crippen molar-refractivity contribution >= 4 is 12.0 Å². The number of primary amides is 1. The first-order valence-corrected chi connectivity index (χ1v) is 3.81. The lowest BCUT2D eigenvalue weighted by Gasteiger charge is -1.95. The molecular weight excluding hydrogens is 183 g/mol. The highest BCUT2D eigenvalue weighted by atomic mass is 19.1. The molecule has 1 rings (SSSR count). The molecule has 3 nitrogen and oxygen atoms in total. The number of hydrogen-bond acceptors (Lipinski definition) is 2. The van der Waals surface area contributed by atoms with E-state index in [0.29, 0.717) is 0 Å². The summed E-state index contributed by atoms with van der Waals surface area (Å²) >= 11 is 0. The van der Waals surface area contributed by atoms with Gasteiger partial charge in [-0.1, -0.05) is 18.2 Å². The predicted molar refractivity (Wildman–Crippen MR) is 49.2 cm³/mol. The van der Waals surface area contributed by atoms with Gasteiger partial charge in [0.25, 0.3) is 5.91 Å². The fourth-order valence-corrected chi connectivity index (χ4v) is 0.906. The number of nitrogens with zero attached hydrogens (tertiary/aromatic N) is 1.